The number of nitrogens with zero attached hydrogens (tertiary/aromatic N) is 5. The van der Waals surface area contributed by atoms with Gasteiger partial charge in [-0.25, -0.2) is 9.37 Å². The Balaban J connectivity index is 1.55. The zero-order chi connectivity index (χ0) is 21.3. The maximum atomic E-state index is 14.0. The molecule has 9 heteroatoms. The smallest absolute Gasteiger partial charge is 0.227 e. The number of morpholine rings is 1. The number of anilines is 3. The summed E-state index contributed by atoms with van der Waals surface area (Å²) < 4.78 is 24.8. The Labute approximate surface area is 174 Å². The molecule has 2 aromatic heterocycles. The van der Waals surface area contributed by atoms with Crippen molar-refractivity contribution in [2.45, 2.75) is 26.1 Å². The molecule has 8 nitrogen and oxygen atoms in total. The van der Waals surface area contributed by atoms with E-state index in [9.17, 15) is 4.39 Å². The molecule has 0 spiro atoms. The molecule has 0 bridgehead atoms. The van der Waals surface area contributed by atoms with E-state index in [1.165, 1.54) is 13.2 Å². The van der Waals surface area contributed by atoms with Crippen molar-refractivity contribution in [1.29, 1.82) is 0 Å². The maximum Gasteiger partial charge on any atom is 0.227 e. The van der Waals surface area contributed by atoms with Crippen LogP contribution in [0.3, 0.4) is 0 Å². The molecule has 0 aliphatic carbocycles. The van der Waals surface area contributed by atoms with Crippen LogP contribution in [0.5, 0.6) is 5.75 Å². The van der Waals surface area contributed by atoms with Gasteiger partial charge in [0, 0.05) is 38.0 Å². The lowest BCUT2D eigenvalue weighted by Gasteiger charge is -2.35. The number of halogens is 1. The van der Waals surface area contributed by atoms with Crippen LogP contribution in [0.1, 0.15) is 13.8 Å². The van der Waals surface area contributed by atoms with Gasteiger partial charge >= 0.3 is 0 Å². The van der Waals surface area contributed by atoms with Crippen molar-refractivity contribution < 1.29 is 13.9 Å². The van der Waals surface area contributed by atoms with Crippen molar-refractivity contribution in [3.8, 4) is 17.0 Å². The van der Waals surface area contributed by atoms with E-state index in [1.807, 2.05) is 37.9 Å². The van der Waals surface area contributed by atoms with Gasteiger partial charge < -0.3 is 19.3 Å². The lowest BCUT2D eigenvalue weighted by Crippen LogP contribution is -2.46. The first-order valence-corrected chi connectivity index (χ1v) is 9.81. The third-order valence-corrected chi connectivity index (χ3v) is 5.05. The molecule has 1 aliphatic heterocycles. The second kappa shape index (κ2) is 8.27. The third kappa shape index (κ3) is 4.06. The Morgan fingerprint density at radius 2 is 1.93 bits per heavy atom. The second-order valence-electron chi connectivity index (χ2n) is 7.43. The number of benzene rings is 1. The SMILES string of the molecule is COc1ccc(-c2cc(N(C)c3ccnc(N4C[C@@H](C)O[C@@H](C)C4)n3)n[nH]2)cc1F. The Morgan fingerprint density at radius 3 is 2.63 bits per heavy atom. The van der Waals surface area contributed by atoms with E-state index in [4.69, 9.17) is 14.5 Å². The first kappa shape index (κ1) is 20.1. The predicted octanol–water partition coefficient (Wildman–Crippen LogP) is 3.40. The van der Waals surface area contributed by atoms with Crippen LogP contribution in [0.2, 0.25) is 0 Å². The van der Waals surface area contributed by atoms with E-state index in [-0.39, 0.29) is 18.0 Å². The fraction of sp³-hybridized carbons (Fsp3) is 0.381. The molecular weight excluding hydrogens is 387 g/mol. The maximum absolute atomic E-state index is 14.0. The normalized spacial score (nSPS) is 19.0. The van der Waals surface area contributed by atoms with Crippen LogP contribution in [0.4, 0.5) is 22.0 Å². The number of hydrogen-bond donors (Lipinski definition) is 1. The number of hydrogen-bond acceptors (Lipinski definition) is 7. The molecule has 0 amide bonds. The van der Waals surface area contributed by atoms with Crippen molar-refractivity contribution in [3.05, 3.63) is 42.3 Å². The fourth-order valence-corrected chi connectivity index (χ4v) is 3.60. The van der Waals surface area contributed by atoms with E-state index in [2.05, 4.69) is 20.1 Å². The van der Waals surface area contributed by atoms with Gasteiger partial charge in [-0.3, -0.25) is 5.10 Å². The zero-order valence-corrected chi connectivity index (χ0v) is 17.5. The molecule has 0 unspecified atom stereocenters. The van der Waals surface area contributed by atoms with Crippen molar-refractivity contribution in [2.24, 2.45) is 0 Å². The molecule has 1 saturated heterocycles. The molecule has 30 heavy (non-hydrogen) atoms. The molecule has 4 rings (SSSR count). The lowest BCUT2D eigenvalue weighted by molar-refractivity contribution is -0.00571. The summed E-state index contributed by atoms with van der Waals surface area (Å²) in [5.74, 6) is 1.82. The van der Waals surface area contributed by atoms with Crippen LogP contribution in [-0.4, -0.2) is 59.6 Å². The first-order chi connectivity index (χ1) is 14.4. The van der Waals surface area contributed by atoms with E-state index < -0.39 is 5.82 Å². The minimum atomic E-state index is -0.422. The summed E-state index contributed by atoms with van der Waals surface area (Å²) in [5.41, 5.74) is 1.38. The van der Waals surface area contributed by atoms with Gasteiger partial charge in [0.2, 0.25) is 5.95 Å². The number of aromatic nitrogens is 4. The van der Waals surface area contributed by atoms with Gasteiger partial charge in [0.15, 0.2) is 17.4 Å². The zero-order valence-electron chi connectivity index (χ0n) is 17.5. The summed E-state index contributed by atoms with van der Waals surface area (Å²) in [6, 6.07) is 8.47. The van der Waals surface area contributed by atoms with Gasteiger partial charge in [-0.1, -0.05) is 0 Å². The molecule has 1 fully saturated rings. The topological polar surface area (TPSA) is 79.4 Å². The molecule has 2 atom stereocenters. The van der Waals surface area contributed by atoms with Crippen molar-refractivity contribution in [2.75, 3.05) is 37.0 Å². The standard InChI is InChI=1S/C21H25FN6O2/c1-13-11-28(12-14(2)30-13)21-23-8-7-19(24-21)27(3)20-10-17(25-26-20)15-5-6-18(29-4)16(22)9-15/h5-10,13-14H,11-12H2,1-4H3,(H,25,26)/t13-,14+. The summed E-state index contributed by atoms with van der Waals surface area (Å²) in [6.45, 7) is 5.58. The quantitative estimate of drug-likeness (QED) is 0.688. The summed E-state index contributed by atoms with van der Waals surface area (Å²) >= 11 is 0. The molecule has 1 N–H and O–H groups in total. The molecule has 3 heterocycles. The van der Waals surface area contributed by atoms with Gasteiger partial charge in [0.05, 0.1) is 25.0 Å². The van der Waals surface area contributed by atoms with Crippen LogP contribution in [0, 0.1) is 5.82 Å². The Hall–Kier alpha value is -3.20. The second-order valence-corrected chi connectivity index (χ2v) is 7.43. The van der Waals surface area contributed by atoms with Crippen molar-refractivity contribution in [1.82, 2.24) is 20.2 Å². The largest absolute Gasteiger partial charge is 0.494 e. The van der Waals surface area contributed by atoms with Gasteiger partial charge in [-0.2, -0.15) is 10.1 Å². The van der Waals surface area contributed by atoms with Gasteiger partial charge in [0.1, 0.15) is 5.82 Å². The Bertz CT molecular complexity index is 1020. The average Bonchev–Trinajstić information content (AvgIpc) is 3.23. The third-order valence-electron chi connectivity index (χ3n) is 5.05. The molecule has 158 valence electrons. The van der Waals surface area contributed by atoms with Crippen molar-refractivity contribution in [3.63, 3.8) is 0 Å². The van der Waals surface area contributed by atoms with Gasteiger partial charge in [0.25, 0.3) is 0 Å². The van der Waals surface area contributed by atoms with Crippen LogP contribution in [-0.2, 0) is 4.74 Å². The average molecular weight is 412 g/mol. The van der Waals surface area contributed by atoms with Gasteiger partial charge in [-0.15, -0.1) is 0 Å². The molecule has 0 saturated carbocycles. The molecular formula is C21H25FN6O2. The van der Waals surface area contributed by atoms with Crippen LogP contribution < -0.4 is 14.5 Å². The summed E-state index contributed by atoms with van der Waals surface area (Å²) in [4.78, 5) is 13.1. The number of aromatic amines is 1. The number of methoxy groups -OCH3 is 1. The highest BCUT2D eigenvalue weighted by atomic mass is 19.1. The van der Waals surface area contributed by atoms with E-state index >= 15 is 0 Å². The number of nitrogens with one attached hydrogen (secondary N) is 1. The Morgan fingerprint density at radius 1 is 1.17 bits per heavy atom. The van der Waals surface area contributed by atoms with Gasteiger partial charge in [-0.05, 0) is 38.1 Å². The molecule has 0 radical (unpaired) electrons. The van der Waals surface area contributed by atoms with Crippen LogP contribution >= 0.6 is 0 Å². The first-order valence-electron chi connectivity index (χ1n) is 9.81. The van der Waals surface area contributed by atoms with E-state index in [1.54, 1.807) is 18.3 Å². The minimum Gasteiger partial charge on any atom is -0.494 e. The molecule has 1 aromatic carbocycles. The number of rotatable bonds is 5. The lowest BCUT2D eigenvalue weighted by atomic mass is 10.1. The predicted molar refractivity (Wildman–Crippen MR) is 113 cm³/mol. The van der Waals surface area contributed by atoms with Crippen LogP contribution in [0.15, 0.2) is 36.5 Å². The van der Waals surface area contributed by atoms with Crippen LogP contribution in [0.25, 0.3) is 11.3 Å². The monoisotopic (exact) mass is 412 g/mol. The highest BCUT2D eigenvalue weighted by Gasteiger charge is 2.24. The minimum absolute atomic E-state index is 0.123. The van der Waals surface area contributed by atoms with E-state index in [0.717, 1.165) is 13.1 Å². The number of ether oxygens (including phenoxy) is 2. The fourth-order valence-electron chi connectivity index (χ4n) is 3.60. The van der Waals surface area contributed by atoms with Crippen molar-refractivity contribution >= 4 is 17.6 Å². The van der Waals surface area contributed by atoms with E-state index in [0.29, 0.717) is 28.8 Å². The molecule has 3 aromatic rings. The number of H-pyrrole nitrogens is 1. The summed E-state index contributed by atoms with van der Waals surface area (Å²) in [5, 5.41) is 7.32. The summed E-state index contributed by atoms with van der Waals surface area (Å²) in [7, 11) is 3.32. The Kier molecular flexibility index (Phi) is 5.54. The highest BCUT2D eigenvalue weighted by Crippen LogP contribution is 2.28. The molecule has 1 aliphatic rings. The summed E-state index contributed by atoms with van der Waals surface area (Å²) in [6.07, 6.45) is 1.99. The highest BCUT2D eigenvalue weighted by molar-refractivity contribution is 5.67.